The van der Waals surface area contributed by atoms with E-state index in [2.05, 4.69) is 20.8 Å². The zero-order valence-corrected chi connectivity index (χ0v) is 13.8. The van der Waals surface area contributed by atoms with E-state index in [0.717, 1.165) is 47.2 Å². The summed E-state index contributed by atoms with van der Waals surface area (Å²) in [6, 6.07) is 3.87. The lowest BCUT2D eigenvalue weighted by Crippen LogP contribution is -2.04. The van der Waals surface area contributed by atoms with Gasteiger partial charge in [0.05, 0.1) is 5.75 Å². The number of carboxylic acids is 1. The third kappa shape index (κ3) is 4.38. The summed E-state index contributed by atoms with van der Waals surface area (Å²) in [6.45, 7) is 2.78. The highest BCUT2D eigenvalue weighted by Crippen LogP contribution is 2.24. The molecule has 0 unspecified atom stereocenters. The number of carboxylic acid groups (broad SMARTS) is 1. The van der Waals surface area contributed by atoms with Gasteiger partial charge in [-0.1, -0.05) is 11.8 Å². The summed E-state index contributed by atoms with van der Waals surface area (Å²) in [5.41, 5.74) is 2.63. The third-order valence-electron chi connectivity index (χ3n) is 3.00. The molecule has 0 amide bonds. The lowest BCUT2D eigenvalue weighted by molar-refractivity contribution is -0.133. The molecule has 7 heteroatoms. The molecule has 2 aromatic rings. The molecule has 0 spiro atoms. The van der Waals surface area contributed by atoms with Crippen molar-refractivity contribution < 1.29 is 9.90 Å². The number of aryl methyl sites for hydroxylation is 2. The molecule has 0 aliphatic heterocycles. The second-order valence-corrected chi connectivity index (χ2v) is 6.65. The number of nitrogens with zero attached hydrogens (tertiary/aromatic N) is 3. The minimum Gasteiger partial charge on any atom is -0.481 e. The lowest BCUT2D eigenvalue weighted by atomic mass is 10.3. The van der Waals surface area contributed by atoms with E-state index in [1.165, 1.54) is 11.8 Å². The molecule has 1 N–H and O–H groups in total. The molecule has 0 bridgehead atoms. The van der Waals surface area contributed by atoms with Crippen LogP contribution in [0.25, 0.3) is 11.2 Å². The maximum absolute atomic E-state index is 10.8. The van der Waals surface area contributed by atoms with Crippen LogP contribution in [0.4, 0.5) is 0 Å². The summed E-state index contributed by atoms with van der Waals surface area (Å²) in [4.78, 5) is 19.9. The quantitative estimate of drug-likeness (QED) is 0.594. The van der Waals surface area contributed by atoms with Gasteiger partial charge < -0.3 is 9.67 Å². The highest BCUT2D eigenvalue weighted by atomic mass is 32.2. The van der Waals surface area contributed by atoms with Crippen LogP contribution in [0.1, 0.15) is 18.5 Å². The predicted molar refractivity (Wildman–Crippen MR) is 88.2 cm³/mol. The molecular weight excluding hydrogens is 306 g/mol. The Kier molecular flexibility index (Phi) is 5.93. The van der Waals surface area contributed by atoms with Gasteiger partial charge in [0, 0.05) is 12.2 Å². The van der Waals surface area contributed by atoms with E-state index in [1.54, 1.807) is 0 Å². The van der Waals surface area contributed by atoms with Crippen LogP contribution in [0.5, 0.6) is 0 Å². The molecule has 0 saturated heterocycles. The minimum absolute atomic E-state index is 0.0209. The number of fused-ring (bicyclic) bond motifs is 1. The average Bonchev–Trinajstić information content (AvgIpc) is 2.78. The van der Waals surface area contributed by atoms with Crippen molar-refractivity contribution in [1.29, 1.82) is 0 Å². The maximum Gasteiger partial charge on any atom is 0.313 e. The molecule has 21 heavy (non-hydrogen) atoms. The molecule has 0 atom stereocenters. The fraction of sp³-hybridized carbons (Fsp3) is 0.500. The van der Waals surface area contributed by atoms with Crippen LogP contribution in [-0.2, 0) is 11.3 Å². The average molecular weight is 325 g/mol. The monoisotopic (exact) mass is 325 g/mol. The number of aromatic nitrogens is 3. The zero-order chi connectivity index (χ0) is 15.2. The van der Waals surface area contributed by atoms with E-state index < -0.39 is 5.97 Å². The highest BCUT2D eigenvalue weighted by Gasteiger charge is 2.13. The van der Waals surface area contributed by atoms with E-state index in [-0.39, 0.29) is 5.75 Å². The number of unbranched alkanes of at least 4 members (excludes halogenated alkanes) is 1. The van der Waals surface area contributed by atoms with Gasteiger partial charge in [0.25, 0.3) is 0 Å². The largest absolute Gasteiger partial charge is 0.481 e. The maximum atomic E-state index is 10.8. The predicted octanol–water partition coefficient (Wildman–Crippen LogP) is 3.06. The van der Waals surface area contributed by atoms with E-state index >= 15 is 0 Å². The van der Waals surface area contributed by atoms with Crippen molar-refractivity contribution in [2.75, 3.05) is 17.8 Å². The van der Waals surface area contributed by atoms with Crippen LogP contribution in [-0.4, -0.2) is 43.4 Å². The van der Waals surface area contributed by atoms with E-state index in [4.69, 9.17) is 5.11 Å². The van der Waals surface area contributed by atoms with Gasteiger partial charge in [0.2, 0.25) is 0 Å². The van der Waals surface area contributed by atoms with E-state index in [1.807, 2.05) is 30.8 Å². The standard InChI is InChI=1S/C14H19N3O2S2/c1-10-5-6-11-13(15-10)17(7-3-4-8-20-2)14(16-11)21-9-12(18)19/h5-6H,3-4,7-9H2,1-2H3,(H,18,19). The molecule has 0 aliphatic carbocycles. The van der Waals surface area contributed by atoms with Crippen molar-refractivity contribution in [3.63, 3.8) is 0 Å². The Balaban J connectivity index is 2.24. The first-order valence-corrected chi connectivity index (χ1v) is 9.17. The van der Waals surface area contributed by atoms with Crippen molar-refractivity contribution in [1.82, 2.24) is 14.5 Å². The second-order valence-electron chi connectivity index (χ2n) is 4.72. The summed E-state index contributed by atoms with van der Waals surface area (Å²) in [5.74, 6) is 0.328. The van der Waals surface area contributed by atoms with Gasteiger partial charge in [-0.3, -0.25) is 4.79 Å². The Morgan fingerprint density at radius 2 is 2.14 bits per heavy atom. The van der Waals surface area contributed by atoms with Crippen LogP contribution in [0, 0.1) is 6.92 Å². The molecular formula is C14H19N3O2S2. The fourth-order valence-corrected chi connectivity index (χ4v) is 3.27. The number of hydrogen-bond donors (Lipinski definition) is 1. The minimum atomic E-state index is -0.829. The van der Waals surface area contributed by atoms with E-state index in [9.17, 15) is 4.79 Å². The molecule has 0 aromatic carbocycles. The van der Waals surface area contributed by atoms with Gasteiger partial charge in [-0.2, -0.15) is 11.8 Å². The number of imidazole rings is 1. The van der Waals surface area contributed by atoms with Crippen molar-refractivity contribution in [3.8, 4) is 0 Å². The van der Waals surface area contributed by atoms with Crippen LogP contribution >= 0.6 is 23.5 Å². The first kappa shape index (κ1) is 16.2. The number of rotatable bonds is 8. The number of thioether (sulfide) groups is 2. The molecule has 2 rings (SSSR count). The van der Waals surface area contributed by atoms with Gasteiger partial charge in [-0.25, -0.2) is 9.97 Å². The Bertz CT molecular complexity index is 628. The Labute approximate surface area is 132 Å². The van der Waals surface area contributed by atoms with Gasteiger partial charge in [0.15, 0.2) is 10.8 Å². The first-order valence-electron chi connectivity index (χ1n) is 6.79. The van der Waals surface area contributed by atoms with Gasteiger partial charge in [0.1, 0.15) is 5.52 Å². The number of pyridine rings is 1. The topological polar surface area (TPSA) is 68.0 Å². The summed E-state index contributed by atoms with van der Waals surface area (Å²) < 4.78 is 2.05. The fourth-order valence-electron chi connectivity index (χ4n) is 2.03. The molecule has 0 saturated carbocycles. The summed E-state index contributed by atoms with van der Waals surface area (Å²) in [6.07, 6.45) is 4.28. The SMILES string of the molecule is CSCCCCn1c(SCC(=O)O)nc2ccc(C)nc21. The second kappa shape index (κ2) is 7.70. The van der Waals surface area contributed by atoms with Crippen molar-refractivity contribution in [3.05, 3.63) is 17.8 Å². The van der Waals surface area contributed by atoms with Crippen molar-refractivity contribution in [2.45, 2.75) is 31.5 Å². The number of aliphatic carboxylic acids is 1. The summed E-state index contributed by atoms with van der Waals surface area (Å²) in [7, 11) is 0. The Morgan fingerprint density at radius 3 is 2.86 bits per heavy atom. The molecule has 0 fully saturated rings. The highest BCUT2D eigenvalue weighted by molar-refractivity contribution is 7.99. The number of hydrogen-bond acceptors (Lipinski definition) is 5. The van der Waals surface area contributed by atoms with Crippen LogP contribution in [0.3, 0.4) is 0 Å². The molecule has 114 valence electrons. The third-order valence-corrected chi connectivity index (χ3v) is 4.66. The first-order chi connectivity index (χ1) is 10.1. The molecule has 0 aliphatic rings. The Hall–Kier alpha value is -1.21. The van der Waals surface area contributed by atoms with Crippen LogP contribution < -0.4 is 0 Å². The molecule has 5 nitrogen and oxygen atoms in total. The van der Waals surface area contributed by atoms with Gasteiger partial charge in [-0.15, -0.1) is 0 Å². The normalized spacial score (nSPS) is 11.1. The Morgan fingerprint density at radius 1 is 1.33 bits per heavy atom. The lowest BCUT2D eigenvalue weighted by Gasteiger charge is -2.07. The molecule has 2 heterocycles. The molecule has 2 aromatic heterocycles. The van der Waals surface area contributed by atoms with Crippen LogP contribution in [0.2, 0.25) is 0 Å². The van der Waals surface area contributed by atoms with Crippen LogP contribution in [0.15, 0.2) is 17.3 Å². The smallest absolute Gasteiger partial charge is 0.313 e. The summed E-state index contributed by atoms with van der Waals surface area (Å²) >= 11 is 3.10. The van der Waals surface area contributed by atoms with Gasteiger partial charge >= 0.3 is 5.97 Å². The number of carbonyl (C=O) groups is 1. The van der Waals surface area contributed by atoms with E-state index in [0.29, 0.717) is 0 Å². The van der Waals surface area contributed by atoms with Crippen molar-refractivity contribution >= 4 is 40.7 Å². The van der Waals surface area contributed by atoms with Gasteiger partial charge in [-0.05, 0) is 43.9 Å². The zero-order valence-electron chi connectivity index (χ0n) is 12.2. The van der Waals surface area contributed by atoms with Crippen molar-refractivity contribution in [2.24, 2.45) is 0 Å². The summed E-state index contributed by atoms with van der Waals surface area (Å²) in [5, 5.41) is 9.60. The molecule has 0 radical (unpaired) electrons.